The summed E-state index contributed by atoms with van der Waals surface area (Å²) >= 11 is 6.04. The summed E-state index contributed by atoms with van der Waals surface area (Å²) in [7, 11) is -0.561. The molecule has 7 nitrogen and oxygen atoms in total. The van der Waals surface area contributed by atoms with Crippen LogP contribution in [0.5, 0.6) is 0 Å². The van der Waals surface area contributed by atoms with Crippen molar-refractivity contribution in [1.29, 1.82) is 0 Å². The van der Waals surface area contributed by atoms with E-state index in [9.17, 15) is 18.5 Å². The van der Waals surface area contributed by atoms with Gasteiger partial charge in [-0.1, -0.05) is 24.0 Å². The summed E-state index contributed by atoms with van der Waals surface area (Å²) in [5.74, 6) is 0. The van der Waals surface area contributed by atoms with Gasteiger partial charge < -0.3 is 4.90 Å². The third kappa shape index (κ3) is 4.13. The highest BCUT2D eigenvalue weighted by atomic mass is 32.2. The molecule has 0 unspecified atom stereocenters. The number of hydrogen-bond donors (Lipinski definition) is 1. The Kier molecular flexibility index (Phi) is 4.85. The molecule has 0 spiro atoms. The lowest BCUT2D eigenvalue weighted by atomic mass is 10.3. The molecular formula is C9H11N3O4S3. The minimum absolute atomic E-state index is 0.260. The molecule has 0 aromatic heterocycles. The van der Waals surface area contributed by atoms with E-state index in [1.165, 1.54) is 12.1 Å². The number of thioether (sulfide) groups is 1. The Balaban J connectivity index is 3.27. The van der Waals surface area contributed by atoms with Gasteiger partial charge in [-0.2, -0.15) is 0 Å². The summed E-state index contributed by atoms with van der Waals surface area (Å²) in [5, 5.41) is 15.9. The number of rotatable bonds is 3. The van der Waals surface area contributed by atoms with Crippen molar-refractivity contribution in [3.8, 4) is 0 Å². The van der Waals surface area contributed by atoms with Crippen LogP contribution in [0, 0.1) is 10.1 Å². The van der Waals surface area contributed by atoms with Crippen LogP contribution in [0.15, 0.2) is 28.0 Å². The minimum atomic E-state index is -3.98. The van der Waals surface area contributed by atoms with Gasteiger partial charge >= 0.3 is 0 Å². The van der Waals surface area contributed by atoms with Crippen LogP contribution < -0.4 is 5.14 Å². The first-order chi connectivity index (χ1) is 8.62. The van der Waals surface area contributed by atoms with Crippen LogP contribution in [-0.4, -0.2) is 36.7 Å². The van der Waals surface area contributed by atoms with Crippen molar-refractivity contribution < 1.29 is 13.3 Å². The zero-order chi connectivity index (χ0) is 14.8. The summed E-state index contributed by atoms with van der Waals surface area (Å²) in [6, 6.07) is 3.46. The fourth-order valence-corrected chi connectivity index (χ4v) is 2.64. The van der Waals surface area contributed by atoms with Crippen LogP contribution in [-0.2, 0) is 10.0 Å². The van der Waals surface area contributed by atoms with Crippen molar-refractivity contribution in [3.63, 3.8) is 0 Å². The normalized spacial score (nSPS) is 11.1. The fraction of sp³-hybridized carbons (Fsp3) is 0.222. The third-order valence-electron chi connectivity index (χ3n) is 2.02. The first kappa shape index (κ1) is 15.8. The van der Waals surface area contributed by atoms with E-state index in [2.05, 4.69) is 0 Å². The molecule has 0 aliphatic heterocycles. The number of nitro benzene ring substituents is 1. The first-order valence-corrected chi connectivity index (χ1v) is 7.60. The van der Waals surface area contributed by atoms with Crippen LogP contribution >= 0.6 is 24.0 Å². The molecule has 0 heterocycles. The average molecular weight is 321 g/mol. The number of sulfonamides is 1. The fourth-order valence-electron chi connectivity index (χ4n) is 1.09. The second kappa shape index (κ2) is 5.82. The van der Waals surface area contributed by atoms with Crippen LogP contribution in [0.25, 0.3) is 0 Å². The Morgan fingerprint density at radius 3 is 2.47 bits per heavy atom. The van der Waals surface area contributed by atoms with Crippen molar-refractivity contribution in [2.45, 2.75) is 9.79 Å². The van der Waals surface area contributed by atoms with E-state index < -0.39 is 14.9 Å². The van der Waals surface area contributed by atoms with Crippen molar-refractivity contribution in [2.24, 2.45) is 5.14 Å². The highest BCUT2D eigenvalue weighted by Gasteiger charge is 2.20. The summed E-state index contributed by atoms with van der Waals surface area (Å²) in [6.07, 6.45) is 0. The zero-order valence-corrected chi connectivity index (χ0v) is 12.5. The van der Waals surface area contributed by atoms with E-state index >= 15 is 0 Å². The lowest BCUT2D eigenvalue weighted by molar-refractivity contribution is -0.387. The maximum absolute atomic E-state index is 11.2. The average Bonchev–Trinajstić information content (AvgIpc) is 2.27. The third-order valence-corrected chi connectivity index (χ3v) is 4.65. The van der Waals surface area contributed by atoms with Crippen molar-refractivity contribution in [2.75, 3.05) is 14.1 Å². The molecule has 0 bridgehead atoms. The minimum Gasteiger partial charge on any atom is -0.363 e. The van der Waals surface area contributed by atoms with E-state index in [4.69, 9.17) is 17.4 Å². The van der Waals surface area contributed by atoms with Gasteiger partial charge in [0.1, 0.15) is 4.32 Å². The number of hydrogen-bond acceptors (Lipinski definition) is 6. The summed E-state index contributed by atoms with van der Waals surface area (Å²) < 4.78 is 22.8. The largest absolute Gasteiger partial charge is 0.363 e. The molecule has 0 fully saturated rings. The molecule has 19 heavy (non-hydrogen) atoms. The Morgan fingerprint density at radius 2 is 2.05 bits per heavy atom. The number of nitrogens with zero attached hydrogens (tertiary/aromatic N) is 2. The first-order valence-electron chi connectivity index (χ1n) is 4.83. The second-order valence-corrected chi connectivity index (χ2v) is 6.93. The molecule has 1 aromatic rings. The van der Waals surface area contributed by atoms with E-state index in [-0.39, 0.29) is 15.5 Å². The van der Waals surface area contributed by atoms with Gasteiger partial charge in [0.05, 0.1) is 14.7 Å². The van der Waals surface area contributed by atoms with Gasteiger partial charge in [0.15, 0.2) is 0 Å². The SMILES string of the molecule is CN(C)C(=S)Sc1ccc(S(N)(=O)=O)cc1[N+](=O)[O-]. The van der Waals surface area contributed by atoms with Crippen LogP contribution in [0.4, 0.5) is 5.69 Å². The topological polar surface area (TPSA) is 107 Å². The zero-order valence-electron chi connectivity index (χ0n) is 10.1. The van der Waals surface area contributed by atoms with E-state index in [1.54, 1.807) is 19.0 Å². The van der Waals surface area contributed by atoms with E-state index in [0.29, 0.717) is 4.32 Å². The molecule has 2 N–H and O–H groups in total. The van der Waals surface area contributed by atoms with Gasteiger partial charge in [-0.3, -0.25) is 10.1 Å². The van der Waals surface area contributed by atoms with Crippen molar-refractivity contribution in [1.82, 2.24) is 4.90 Å². The molecule has 0 aliphatic carbocycles. The molecule has 104 valence electrons. The van der Waals surface area contributed by atoms with Gasteiger partial charge in [0.2, 0.25) is 10.0 Å². The summed E-state index contributed by atoms with van der Waals surface area (Å²) in [5.41, 5.74) is -0.347. The number of benzene rings is 1. The molecule has 0 atom stereocenters. The highest BCUT2D eigenvalue weighted by molar-refractivity contribution is 8.23. The van der Waals surface area contributed by atoms with Gasteiger partial charge in [-0.25, -0.2) is 13.6 Å². The molecule has 1 aromatic carbocycles. The van der Waals surface area contributed by atoms with Gasteiger partial charge in [0, 0.05) is 20.2 Å². The number of primary sulfonamides is 1. The predicted octanol–water partition coefficient (Wildman–Crippen LogP) is 1.18. The Labute approximate surface area is 120 Å². The maximum atomic E-state index is 11.2. The Bertz CT molecular complexity index is 628. The van der Waals surface area contributed by atoms with E-state index in [0.717, 1.165) is 17.8 Å². The van der Waals surface area contributed by atoms with Crippen LogP contribution in [0.2, 0.25) is 0 Å². The molecule has 10 heteroatoms. The van der Waals surface area contributed by atoms with Crippen molar-refractivity contribution in [3.05, 3.63) is 28.3 Å². The number of nitro groups is 1. The number of nitrogens with two attached hydrogens (primary N) is 1. The lowest BCUT2D eigenvalue weighted by Gasteiger charge is -2.12. The smallest absolute Gasteiger partial charge is 0.284 e. The van der Waals surface area contributed by atoms with Crippen molar-refractivity contribution >= 4 is 44.0 Å². The van der Waals surface area contributed by atoms with Crippen LogP contribution in [0.3, 0.4) is 0 Å². The summed E-state index contributed by atoms with van der Waals surface area (Å²) in [6.45, 7) is 0. The predicted molar refractivity (Wildman–Crippen MR) is 76.6 cm³/mol. The van der Waals surface area contributed by atoms with Gasteiger partial charge in [0.25, 0.3) is 5.69 Å². The molecular weight excluding hydrogens is 310 g/mol. The molecule has 0 radical (unpaired) electrons. The second-order valence-electron chi connectivity index (χ2n) is 3.69. The molecule has 0 saturated carbocycles. The Morgan fingerprint density at radius 1 is 1.47 bits per heavy atom. The maximum Gasteiger partial charge on any atom is 0.284 e. The molecule has 0 amide bonds. The van der Waals surface area contributed by atoms with Gasteiger partial charge in [-0.15, -0.1) is 0 Å². The van der Waals surface area contributed by atoms with E-state index in [1.807, 2.05) is 0 Å². The highest BCUT2D eigenvalue weighted by Crippen LogP contribution is 2.32. The monoisotopic (exact) mass is 321 g/mol. The summed E-state index contributed by atoms with van der Waals surface area (Å²) in [4.78, 5) is 11.9. The quantitative estimate of drug-likeness (QED) is 0.385. The standard InChI is InChI=1S/C9H11N3O4S3/c1-11(2)9(17)18-8-4-3-6(19(10,15)16)5-7(8)12(13)14/h3-5H,1-2H3,(H2,10,15,16). The number of thiocarbonyl (C=S) groups is 1. The van der Waals surface area contributed by atoms with Crippen LogP contribution in [0.1, 0.15) is 0 Å². The molecule has 0 aliphatic rings. The molecule has 0 saturated heterocycles. The Hall–Kier alpha value is -1.23. The van der Waals surface area contributed by atoms with Gasteiger partial charge in [-0.05, 0) is 12.1 Å². The lowest BCUT2D eigenvalue weighted by Crippen LogP contribution is -2.16. The molecule has 1 rings (SSSR count).